The quantitative estimate of drug-likeness (QED) is 0.875. The van der Waals surface area contributed by atoms with Crippen LogP contribution in [0.4, 0.5) is 0 Å². The molecule has 20 heavy (non-hydrogen) atoms. The highest BCUT2D eigenvalue weighted by Crippen LogP contribution is 2.29. The predicted molar refractivity (Wildman–Crippen MR) is 75.3 cm³/mol. The summed E-state index contributed by atoms with van der Waals surface area (Å²) >= 11 is 0. The number of piperidine rings is 1. The standard InChI is InChI=1S/C15H20N2O3/c1-15(14(19)20)7-2-3-8-17(15)10-11-5-4-6-12(9-11)13(16)18/h4-6,9H,2-3,7-8,10H2,1H3,(H2,16,18)(H,19,20). The molecule has 2 rings (SSSR count). The Morgan fingerprint density at radius 1 is 1.40 bits per heavy atom. The van der Waals surface area contributed by atoms with Gasteiger partial charge >= 0.3 is 5.97 Å². The van der Waals surface area contributed by atoms with Gasteiger partial charge in [-0.1, -0.05) is 12.1 Å². The van der Waals surface area contributed by atoms with Crippen LogP contribution < -0.4 is 5.73 Å². The second-order valence-corrected chi connectivity index (χ2v) is 5.52. The predicted octanol–water partition coefficient (Wildman–Crippen LogP) is 1.61. The Balaban J connectivity index is 2.21. The fraction of sp³-hybridized carbons (Fsp3) is 0.467. The van der Waals surface area contributed by atoms with Gasteiger partial charge in [0.05, 0.1) is 0 Å². The van der Waals surface area contributed by atoms with E-state index in [1.165, 1.54) is 0 Å². The minimum Gasteiger partial charge on any atom is -0.480 e. The van der Waals surface area contributed by atoms with Crippen LogP contribution in [0.15, 0.2) is 24.3 Å². The number of hydrogen-bond donors (Lipinski definition) is 2. The molecule has 108 valence electrons. The Morgan fingerprint density at radius 2 is 2.15 bits per heavy atom. The molecule has 1 aromatic carbocycles. The number of rotatable bonds is 4. The number of hydrogen-bond acceptors (Lipinski definition) is 3. The first-order valence-electron chi connectivity index (χ1n) is 6.81. The lowest BCUT2D eigenvalue weighted by molar-refractivity contribution is -0.153. The average Bonchev–Trinajstić information content (AvgIpc) is 2.41. The van der Waals surface area contributed by atoms with Gasteiger partial charge in [0.2, 0.25) is 5.91 Å². The van der Waals surface area contributed by atoms with E-state index in [0.29, 0.717) is 18.5 Å². The van der Waals surface area contributed by atoms with Crippen LogP contribution in [0.3, 0.4) is 0 Å². The molecule has 0 saturated carbocycles. The van der Waals surface area contributed by atoms with E-state index in [2.05, 4.69) is 0 Å². The number of primary amides is 1. The molecule has 1 fully saturated rings. The Kier molecular flexibility index (Phi) is 4.09. The average molecular weight is 276 g/mol. The molecule has 0 aliphatic carbocycles. The van der Waals surface area contributed by atoms with Crippen molar-refractivity contribution in [1.82, 2.24) is 4.90 Å². The molecule has 3 N–H and O–H groups in total. The fourth-order valence-electron chi connectivity index (χ4n) is 2.72. The summed E-state index contributed by atoms with van der Waals surface area (Å²) < 4.78 is 0. The lowest BCUT2D eigenvalue weighted by atomic mass is 9.88. The third-order valence-electron chi connectivity index (χ3n) is 4.09. The summed E-state index contributed by atoms with van der Waals surface area (Å²) in [5.41, 5.74) is 5.81. The number of nitrogens with zero attached hydrogens (tertiary/aromatic N) is 1. The van der Waals surface area contributed by atoms with E-state index in [9.17, 15) is 14.7 Å². The van der Waals surface area contributed by atoms with Crippen LogP contribution in [0.25, 0.3) is 0 Å². The fourth-order valence-corrected chi connectivity index (χ4v) is 2.72. The summed E-state index contributed by atoms with van der Waals surface area (Å²) in [5.74, 6) is -1.25. The van der Waals surface area contributed by atoms with Gasteiger partial charge in [-0.15, -0.1) is 0 Å². The lowest BCUT2D eigenvalue weighted by Gasteiger charge is -2.41. The normalized spacial score (nSPS) is 23.4. The second-order valence-electron chi connectivity index (χ2n) is 5.52. The molecule has 0 spiro atoms. The van der Waals surface area contributed by atoms with Crippen molar-refractivity contribution in [3.8, 4) is 0 Å². The molecule has 0 aromatic heterocycles. The molecular formula is C15H20N2O3. The highest BCUT2D eigenvalue weighted by molar-refractivity contribution is 5.92. The number of carbonyl (C=O) groups excluding carboxylic acids is 1. The monoisotopic (exact) mass is 276 g/mol. The number of carbonyl (C=O) groups is 2. The van der Waals surface area contributed by atoms with E-state index in [1.807, 2.05) is 11.0 Å². The molecule has 1 aliphatic rings. The zero-order valence-corrected chi connectivity index (χ0v) is 11.6. The number of amides is 1. The topological polar surface area (TPSA) is 83.6 Å². The highest BCUT2D eigenvalue weighted by atomic mass is 16.4. The maximum atomic E-state index is 11.5. The van der Waals surface area contributed by atoms with Crippen molar-refractivity contribution in [1.29, 1.82) is 0 Å². The van der Waals surface area contributed by atoms with Crippen molar-refractivity contribution in [2.24, 2.45) is 5.73 Å². The largest absolute Gasteiger partial charge is 0.480 e. The maximum absolute atomic E-state index is 11.5. The van der Waals surface area contributed by atoms with Crippen LogP contribution in [-0.2, 0) is 11.3 Å². The molecule has 1 atom stereocenters. The van der Waals surface area contributed by atoms with Crippen LogP contribution in [-0.4, -0.2) is 34.0 Å². The first-order chi connectivity index (χ1) is 9.43. The van der Waals surface area contributed by atoms with E-state index in [-0.39, 0.29) is 0 Å². The Morgan fingerprint density at radius 3 is 2.80 bits per heavy atom. The molecular weight excluding hydrogens is 256 g/mol. The first kappa shape index (κ1) is 14.5. The summed E-state index contributed by atoms with van der Waals surface area (Å²) in [6.45, 7) is 3.04. The molecule has 1 aromatic rings. The number of likely N-dealkylation sites (tertiary alicyclic amines) is 1. The second kappa shape index (κ2) is 5.63. The Bertz CT molecular complexity index is 530. The Hall–Kier alpha value is -1.88. The molecule has 1 unspecified atom stereocenters. The summed E-state index contributed by atoms with van der Waals surface area (Å²) in [6, 6.07) is 7.07. The third kappa shape index (κ3) is 2.82. The summed E-state index contributed by atoms with van der Waals surface area (Å²) in [4.78, 5) is 24.7. The summed E-state index contributed by atoms with van der Waals surface area (Å²) in [6.07, 6.45) is 2.58. The molecule has 1 heterocycles. The van der Waals surface area contributed by atoms with Gasteiger partial charge in [-0.2, -0.15) is 0 Å². The SMILES string of the molecule is CC1(C(=O)O)CCCCN1Cc1cccc(C(N)=O)c1. The van der Waals surface area contributed by atoms with E-state index in [4.69, 9.17) is 5.73 Å². The molecule has 5 heteroatoms. The van der Waals surface area contributed by atoms with E-state index in [0.717, 1.165) is 24.9 Å². The number of aliphatic carboxylic acids is 1. The molecule has 0 bridgehead atoms. The highest BCUT2D eigenvalue weighted by Gasteiger charge is 2.41. The third-order valence-corrected chi connectivity index (χ3v) is 4.09. The van der Waals surface area contributed by atoms with Crippen molar-refractivity contribution in [3.63, 3.8) is 0 Å². The zero-order valence-electron chi connectivity index (χ0n) is 11.6. The van der Waals surface area contributed by atoms with Crippen molar-refractivity contribution in [3.05, 3.63) is 35.4 Å². The van der Waals surface area contributed by atoms with Crippen LogP contribution >= 0.6 is 0 Å². The lowest BCUT2D eigenvalue weighted by Crippen LogP contribution is -2.54. The zero-order chi connectivity index (χ0) is 14.8. The van der Waals surface area contributed by atoms with Crippen LogP contribution in [0.2, 0.25) is 0 Å². The van der Waals surface area contributed by atoms with Gasteiger partial charge in [-0.3, -0.25) is 14.5 Å². The van der Waals surface area contributed by atoms with E-state index < -0.39 is 17.4 Å². The summed E-state index contributed by atoms with van der Waals surface area (Å²) in [5, 5.41) is 9.47. The molecule has 5 nitrogen and oxygen atoms in total. The van der Waals surface area contributed by atoms with Gasteiger partial charge in [0.25, 0.3) is 0 Å². The number of benzene rings is 1. The van der Waals surface area contributed by atoms with Gasteiger partial charge in [0, 0.05) is 12.1 Å². The molecule has 1 saturated heterocycles. The minimum absolute atomic E-state index is 0.455. The van der Waals surface area contributed by atoms with Crippen molar-refractivity contribution in [2.75, 3.05) is 6.54 Å². The van der Waals surface area contributed by atoms with Gasteiger partial charge in [-0.05, 0) is 50.4 Å². The Labute approximate surface area is 118 Å². The van der Waals surface area contributed by atoms with E-state index in [1.54, 1.807) is 25.1 Å². The van der Waals surface area contributed by atoms with Crippen LogP contribution in [0, 0.1) is 0 Å². The van der Waals surface area contributed by atoms with Crippen LogP contribution in [0.5, 0.6) is 0 Å². The molecule has 0 radical (unpaired) electrons. The molecule has 1 aliphatic heterocycles. The number of carboxylic acid groups (broad SMARTS) is 1. The number of carboxylic acids is 1. The van der Waals surface area contributed by atoms with Crippen molar-refractivity contribution < 1.29 is 14.7 Å². The molecule has 1 amide bonds. The maximum Gasteiger partial charge on any atom is 0.323 e. The van der Waals surface area contributed by atoms with Gasteiger partial charge in [0.15, 0.2) is 0 Å². The summed E-state index contributed by atoms with van der Waals surface area (Å²) in [7, 11) is 0. The van der Waals surface area contributed by atoms with Gasteiger partial charge < -0.3 is 10.8 Å². The van der Waals surface area contributed by atoms with E-state index >= 15 is 0 Å². The van der Waals surface area contributed by atoms with Gasteiger partial charge in [0.1, 0.15) is 5.54 Å². The number of nitrogens with two attached hydrogens (primary N) is 1. The minimum atomic E-state index is -0.832. The first-order valence-corrected chi connectivity index (χ1v) is 6.81. The van der Waals surface area contributed by atoms with Crippen LogP contribution in [0.1, 0.15) is 42.1 Å². The van der Waals surface area contributed by atoms with Crippen molar-refractivity contribution in [2.45, 2.75) is 38.3 Å². The smallest absolute Gasteiger partial charge is 0.323 e. The van der Waals surface area contributed by atoms with Gasteiger partial charge in [-0.25, -0.2) is 0 Å². The van der Waals surface area contributed by atoms with Crippen molar-refractivity contribution >= 4 is 11.9 Å².